The number of pyridine rings is 1. The lowest BCUT2D eigenvalue weighted by molar-refractivity contribution is 0.0742. The van der Waals surface area contributed by atoms with Crippen molar-refractivity contribution in [2.45, 2.75) is 19.4 Å². The Labute approximate surface area is 147 Å². The molecule has 1 unspecified atom stereocenters. The smallest absolute Gasteiger partial charge is 0.272 e. The number of nitrogens with zero attached hydrogens (tertiary/aromatic N) is 2. The van der Waals surface area contributed by atoms with E-state index in [2.05, 4.69) is 10.3 Å². The molecule has 0 saturated carbocycles. The third kappa shape index (κ3) is 4.17. The summed E-state index contributed by atoms with van der Waals surface area (Å²) in [6.45, 7) is 2.02. The average Bonchev–Trinajstić information content (AvgIpc) is 2.94. The molecule has 1 amide bonds. The van der Waals surface area contributed by atoms with Crippen molar-refractivity contribution in [3.63, 3.8) is 0 Å². The van der Waals surface area contributed by atoms with Gasteiger partial charge >= 0.3 is 0 Å². The van der Waals surface area contributed by atoms with E-state index in [1.165, 1.54) is 4.90 Å². The van der Waals surface area contributed by atoms with Crippen molar-refractivity contribution in [3.8, 4) is 0 Å². The number of hydrogen-bond acceptors (Lipinski definition) is 5. The lowest BCUT2D eigenvalue weighted by Crippen LogP contribution is -2.38. The molecular weight excluding hydrogens is 338 g/mol. The van der Waals surface area contributed by atoms with Gasteiger partial charge in [0.05, 0.1) is 23.4 Å². The van der Waals surface area contributed by atoms with E-state index in [0.717, 1.165) is 16.9 Å². The first-order valence-corrected chi connectivity index (χ1v) is 9.93. The molecule has 7 heteroatoms. The Hall–Kier alpha value is -2.41. The Balaban J connectivity index is 1.68. The largest absolute Gasteiger partial charge is 0.354 e. The minimum atomic E-state index is -3.03. The first-order valence-electron chi connectivity index (χ1n) is 8.11. The summed E-state index contributed by atoms with van der Waals surface area (Å²) in [5.74, 6) is -0.0891. The molecular formula is C18H21N3O3S. The minimum absolute atomic E-state index is 0.0300. The molecule has 1 aromatic heterocycles. The van der Waals surface area contributed by atoms with Crippen LogP contribution >= 0.6 is 0 Å². The molecule has 2 heterocycles. The third-order valence-electron chi connectivity index (χ3n) is 4.37. The van der Waals surface area contributed by atoms with Crippen LogP contribution < -0.4 is 5.32 Å². The topological polar surface area (TPSA) is 79.4 Å². The van der Waals surface area contributed by atoms with Crippen LogP contribution in [0.25, 0.3) is 0 Å². The molecule has 132 valence electrons. The van der Waals surface area contributed by atoms with E-state index >= 15 is 0 Å². The van der Waals surface area contributed by atoms with E-state index in [4.69, 9.17) is 0 Å². The minimum Gasteiger partial charge on any atom is -0.354 e. The normalized spacial score (nSPS) is 18.7. The highest BCUT2D eigenvalue weighted by molar-refractivity contribution is 7.91. The molecule has 2 aromatic rings. The van der Waals surface area contributed by atoms with Gasteiger partial charge in [0.1, 0.15) is 5.69 Å². The number of hydrogen-bond donors (Lipinski definition) is 1. The fourth-order valence-corrected chi connectivity index (χ4v) is 4.69. The van der Waals surface area contributed by atoms with Crippen LogP contribution in [0.1, 0.15) is 22.5 Å². The maximum absolute atomic E-state index is 12.5. The van der Waals surface area contributed by atoms with Crippen molar-refractivity contribution in [1.29, 1.82) is 0 Å². The van der Waals surface area contributed by atoms with E-state index < -0.39 is 9.84 Å². The summed E-state index contributed by atoms with van der Waals surface area (Å²) in [6.07, 6.45) is 2.09. The lowest BCUT2D eigenvalue weighted by atomic mass is 10.2. The van der Waals surface area contributed by atoms with E-state index in [1.54, 1.807) is 25.4 Å². The summed E-state index contributed by atoms with van der Waals surface area (Å²) >= 11 is 0. The molecule has 1 aromatic carbocycles. The van der Waals surface area contributed by atoms with Gasteiger partial charge in [-0.15, -0.1) is 0 Å². The number of aryl methyl sites for hydroxylation is 1. The standard InChI is InChI=1S/C18H21N3O3S/c1-13-4-3-5-14(10-13)20-15-6-7-17(19-11-15)18(22)21(2)16-8-9-25(23,24)12-16/h3-7,10-11,16,20H,8-9,12H2,1-2H3. The van der Waals surface area contributed by atoms with Gasteiger partial charge in [-0.25, -0.2) is 13.4 Å². The van der Waals surface area contributed by atoms with Crippen molar-refractivity contribution < 1.29 is 13.2 Å². The molecule has 25 heavy (non-hydrogen) atoms. The molecule has 6 nitrogen and oxygen atoms in total. The molecule has 3 rings (SSSR count). The number of amides is 1. The van der Waals surface area contributed by atoms with Gasteiger partial charge in [0, 0.05) is 18.8 Å². The van der Waals surface area contributed by atoms with Crippen molar-refractivity contribution in [1.82, 2.24) is 9.88 Å². The van der Waals surface area contributed by atoms with Crippen LogP contribution in [0.15, 0.2) is 42.6 Å². The Morgan fingerprint density at radius 1 is 1.24 bits per heavy atom. The van der Waals surface area contributed by atoms with Crippen LogP contribution in [0, 0.1) is 6.92 Å². The highest BCUT2D eigenvalue weighted by Gasteiger charge is 2.33. The number of carbonyl (C=O) groups is 1. The highest BCUT2D eigenvalue weighted by Crippen LogP contribution is 2.20. The van der Waals surface area contributed by atoms with E-state index in [0.29, 0.717) is 12.1 Å². The van der Waals surface area contributed by atoms with Crippen LogP contribution in [-0.2, 0) is 9.84 Å². The van der Waals surface area contributed by atoms with E-state index in [1.807, 2.05) is 31.2 Å². The number of nitrogens with one attached hydrogen (secondary N) is 1. The van der Waals surface area contributed by atoms with Gasteiger partial charge in [-0.2, -0.15) is 0 Å². The monoisotopic (exact) mass is 359 g/mol. The van der Waals surface area contributed by atoms with E-state index in [-0.39, 0.29) is 23.5 Å². The van der Waals surface area contributed by atoms with Gasteiger partial charge in [-0.05, 0) is 43.2 Å². The molecule has 0 bridgehead atoms. The summed E-state index contributed by atoms with van der Waals surface area (Å²) in [7, 11) is -1.39. The first kappa shape index (κ1) is 17.4. The van der Waals surface area contributed by atoms with Gasteiger partial charge in [-0.3, -0.25) is 4.79 Å². The predicted molar refractivity (Wildman–Crippen MR) is 97.9 cm³/mol. The van der Waals surface area contributed by atoms with Crippen LogP contribution in [0.4, 0.5) is 11.4 Å². The Bertz CT molecular complexity index is 879. The summed E-state index contributed by atoms with van der Waals surface area (Å²) in [5, 5.41) is 3.24. The van der Waals surface area contributed by atoms with Gasteiger partial charge < -0.3 is 10.2 Å². The summed E-state index contributed by atoms with van der Waals surface area (Å²) in [5.41, 5.74) is 3.20. The maximum atomic E-state index is 12.5. The van der Waals surface area contributed by atoms with Gasteiger partial charge in [0.15, 0.2) is 9.84 Å². The van der Waals surface area contributed by atoms with Gasteiger partial charge in [0.2, 0.25) is 0 Å². The third-order valence-corrected chi connectivity index (χ3v) is 6.12. The SMILES string of the molecule is Cc1cccc(Nc2ccc(C(=O)N(C)C3CCS(=O)(=O)C3)nc2)c1. The lowest BCUT2D eigenvalue weighted by Gasteiger charge is -2.23. The van der Waals surface area contributed by atoms with Crippen LogP contribution in [0.5, 0.6) is 0 Å². The second-order valence-electron chi connectivity index (χ2n) is 6.40. The molecule has 1 atom stereocenters. The maximum Gasteiger partial charge on any atom is 0.272 e. The summed E-state index contributed by atoms with van der Waals surface area (Å²) in [4.78, 5) is 18.2. The number of carbonyl (C=O) groups excluding carboxylic acids is 1. The predicted octanol–water partition coefficient (Wildman–Crippen LogP) is 2.39. The van der Waals surface area contributed by atoms with Crippen LogP contribution in [-0.4, -0.2) is 48.8 Å². The Kier molecular flexibility index (Phi) is 4.76. The van der Waals surface area contributed by atoms with Crippen LogP contribution in [0.2, 0.25) is 0 Å². The van der Waals surface area contributed by atoms with Gasteiger partial charge in [-0.1, -0.05) is 12.1 Å². The van der Waals surface area contributed by atoms with Crippen LogP contribution in [0.3, 0.4) is 0 Å². The average molecular weight is 359 g/mol. The molecule has 1 fully saturated rings. The second kappa shape index (κ2) is 6.84. The first-order chi connectivity index (χ1) is 11.8. The molecule has 0 spiro atoms. The number of aromatic nitrogens is 1. The number of sulfone groups is 1. The quantitative estimate of drug-likeness (QED) is 0.907. The van der Waals surface area contributed by atoms with Crippen molar-refractivity contribution in [3.05, 3.63) is 53.9 Å². The zero-order valence-corrected chi connectivity index (χ0v) is 15.1. The number of benzene rings is 1. The molecule has 1 N–H and O–H groups in total. The van der Waals surface area contributed by atoms with Crippen molar-refractivity contribution in [2.24, 2.45) is 0 Å². The van der Waals surface area contributed by atoms with E-state index in [9.17, 15) is 13.2 Å². The Morgan fingerprint density at radius 2 is 2.04 bits per heavy atom. The fraction of sp³-hybridized carbons (Fsp3) is 0.333. The zero-order valence-electron chi connectivity index (χ0n) is 14.3. The van der Waals surface area contributed by atoms with Crippen molar-refractivity contribution >= 4 is 27.1 Å². The molecule has 0 radical (unpaired) electrons. The van der Waals surface area contributed by atoms with Crippen molar-refractivity contribution in [2.75, 3.05) is 23.9 Å². The fourth-order valence-electron chi connectivity index (χ4n) is 2.91. The summed E-state index contributed by atoms with van der Waals surface area (Å²) < 4.78 is 23.2. The molecule has 1 aliphatic heterocycles. The molecule has 0 aliphatic carbocycles. The second-order valence-corrected chi connectivity index (χ2v) is 8.63. The van der Waals surface area contributed by atoms with Gasteiger partial charge in [0.25, 0.3) is 5.91 Å². The highest BCUT2D eigenvalue weighted by atomic mass is 32.2. The Morgan fingerprint density at radius 3 is 2.64 bits per heavy atom. The summed E-state index contributed by atoms with van der Waals surface area (Å²) in [6, 6.07) is 11.1. The molecule has 1 aliphatic rings. The number of rotatable bonds is 4. The number of anilines is 2. The molecule has 1 saturated heterocycles. The zero-order chi connectivity index (χ0) is 18.0.